The van der Waals surface area contributed by atoms with E-state index in [0.29, 0.717) is 37.3 Å². The monoisotopic (exact) mass is 482 g/mol. The second-order valence-electron chi connectivity index (χ2n) is 10.7. The second kappa shape index (κ2) is 7.95. The van der Waals surface area contributed by atoms with Gasteiger partial charge in [0.1, 0.15) is 17.2 Å². The van der Waals surface area contributed by atoms with Crippen molar-refractivity contribution in [3.05, 3.63) is 66.1 Å². The van der Waals surface area contributed by atoms with Crippen LogP contribution in [-0.2, 0) is 9.59 Å². The summed E-state index contributed by atoms with van der Waals surface area (Å²) in [5.74, 6) is 0.666. The highest BCUT2D eigenvalue weighted by atomic mass is 19.1. The molecule has 3 fully saturated rings. The van der Waals surface area contributed by atoms with E-state index in [9.17, 15) is 9.59 Å². The summed E-state index contributed by atoms with van der Waals surface area (Å²) in [5, 5.41) is 0.964. The Kier molecular flexibility index (Phi) is 4.78. The summed E-state index contributed by atoms with van der Waals surface area (Å²) >= 11 is 0. The van der Waals surface area contributed by atoms with Crippen molar-refractivity contribution >= 4 is 28.6 Å². The van der Waals surface area contributed by atoms with Gasteiger partial charge in [0.15, 0.2) is 0 Å². The molecule has 1 aromatic heterocycles. The van der Waals surface area contributed by atoms with Gasteiger partial charge in [0.2, 0.25) is 5.91 Å². The number of hydrogen-bond acceptors (Lipinski definition) is 4. The summed E-state index contributed by atoms with van der Waals surface area (Å²) in [6.07, 6.45) is 6.03. The van der Waals surface area contributed by atoms with E-state index in [4.69, 9.17) is 4.99 Å². The number of carbonyl (C=O) groups is 2. The average Bonchev–Trinajstić information content (AvgIpc) is 3.82. The molecule has 2 aliphatic carbocycles. The quantitative estimate of drug-likeness (QED) is 0.541. The largest absolute Gasteiger partial charge is 0.342 e. The van der Waals surface area contributed by atoms with Crippen LogP contribution in [0.25, 0.3) is 22.0 Å². The van der Waals surface area contributed by atoms with Crippen molar-refractivity contribution in [3.8, 4) is 11.1 Å². The van der Waals surface area contributed by atoms with E-state index in [2.05, 4.69) is 4.98 Å². The Hall–Kier alpha value is -3.61. The van der Waals surface area contributed by atoms with Gasteiger partial charge in [-0.2, -0.15) is 0 Å². The van der Waals surface area contributed by atoms with Gasteiger partial charge in [-0.1, -0.05) is 24.3 Å². The minimum Gasteiger partial charge on any atom is -0.342 e. The van der Waals surface area contributed by atoms with Crippen molar-refractivity contribution in [2.45, 2.75) is 37.6 Å². The molecule has 1 spiro atoms. The van der Waals surface area contributed by atoms with Crippen LogP contribution in [-0.4, -0.2) is 57.6 Å². The highest BCUT2D eigenvalue weighted by Gasteiger charge is 2.58. The predicted octanol–water partition coefficient (Wildman–Crippen LogP) is 4.42. The molecule has 2 saturated carbocycles. The number of aliphatic imine (C=N–C) groups is 1. The summed E-state index contributed by atoms with van der Waals surface area (Å²) in [5.41, 5.74) is 2.19. The molecule has 2 aliphatic heterocycles. The Morgan fingerprint density at radius 2 is 1.92 bits per heavy atom. The van der Waals surface area contributed by atoms with Gasteiger partial charge in [0, 0.05) is 37.1 Å². The van der Waals surface area contributed by atoms with E-state index in [1.807, 2.05) is 41.3 Å². The number of likely N-dealkylation sites (tertiary alicyclic amines) is 1. The summed E-state index contributed by atoms with van der Waals surface area (Å²) in [7, 11) is 0. The molecular formula is C29H27FN4O2. The molecule has 0 radical (unpaired) electrons. The minimum atomic E-state index is -0.704. The van der Waals surface area contributed by atoms with Crippen LogP contribution in [0.1, 0.15) is 37.7 Å². The van der Waals surface area contributed by atoms with Crippen LogP contribution in [0.4, 0.5) is 4.39 Å². The molecule has 0 bridgehead atoms. The van der Waals surface area contributed by atoms with E-state index in [1.54, 1.807) is 17.2 Å². The van der Waals surface area contributed by atoms with Gasteiger partial charge in [-0.15, -0.1) is 0 Å². The van der Waals surface area contributed by atoms with Crippen LogP contribution in [0.3, 0.4) is 0 Å². The van der Waals surface area contributed by atoms with Crippen LogP contribution in [0.5, 0.6) is 0 Å². The zero-order chi connectivity index (χ0) is 24.4. The lowest BCUT2D eigenvalue weighted by Crippen LogP contribution is -2.41. The first kappa shape index (κ1) is 21.7. The number of aromatic nitrogens is 1. The molecule has 3 heterocycles. The molecular weight excluding hydrogens is 455 g/mol. The topological polar surface area (TPSA) is 65.9 Å². The van der Waals surface area contributed by atoms with Gasteiger partial charge in [0.05, 0.1) is 11.1 Å². The van der Waals surface area contributed by atoms with E-state index < -0.39 is 5.54 Å². The number of hydrogen-bond donors (Lipinski definition) is 0. The molecule has 1 unspecified atom stereocenters. The van der Waals surface area contributed by atoms with Crippen molar-refractivity contribution in [1.82, 2.24) is 14.8 Å². The fourth-order valence-electron chi connectivity index (χ4n) is 5.72. The molecule has 2 aromatic carbocycles. The first-order valence-electron chi connectivity index (χ1n) is 12.9. The van der Waals surface area contributed by atoms with Gasteiger partial charge in [-0.3, -0.25) is 24.5 Å². The molecule has 1 saturated heterocycles. The van der Waals surface area contributed by atoms with Crippen LogP contribution < -0.4 is 0 Å². The maximum absolute atomic E-state index is 15.7. The molecule has 2 amide bonds. The third-order valence-corrected chi connectivity index (χ3v) is 8.07. The van der Waals surface area contributed by atoms with E-state index in [0.717, 1.165) is 47.8 Å². The molecule has 1 atom stereocenters. The van der Waals surface area contributed by atoms with Crippen LogP contribution in [0.2, 0.25) is 0 Å². The fraction of sp³-hybridized carbons (Fsp3) is 0.379. The molecule has 7 rings (SSSR count). The number of benzene rings is 2. The zero-order valence-corrected chi connectivity index (χ0v) is 20.0. The Labute approximate surface area is 208 Å². The van der Waals surface area contributed by atoms with E-state index >= 15 is 4.39 Å². The van der Waals surface area contributed by atoms with Gasteiger partial charge in [-0.05, 0) is 73.4 Å². The predicted molar refractivity (Wildman–Crippen MR) is 135 cm³/mol. The lowest BCUT2D eigenvalue weighted by molar-refractivity contribution is -0.131. The molecule has 3 aromatic rings. The Bertz CT molecular complexity index is 1440. The second-order valence-corrected chi connectivity index (χ2v) is 10.7. The lowest BCUT2D eigenvalue weighted by Gasteiger charge is -2.24. The van der Waals surface area contributed by atoms with Crippen LogP contribution >= 0.6 is 0 Å². The number of amidine groups is 1. The van der Waals surface area contributed by atoms with E-state index in [-0.39, 0.29) is 29.5 Å². The number of nitrogens with zero attached hydrogens (tertiary/aromatic N) is 4. The van der Waals surface area contributed by atoms with Gasteiger partial charge < -0.3 is 4.90 Å². The molecule has 36 heavy (non-hydrogen) atoms. The molecule has 0 N–H and O–H groups in total. The summed E-state index contributed by atoms with van der Waals surface area (Å²) in [6, 6.07) is 14.9. The normalized spacial score (nSPS) is 22.5. The zero-order valence-electron chi connectivity index (χ0n) is 20.0. The number of rotatable bonds is 5. The maximum Gasteiger partial charge on any atom is 0.256 e. The van der Waals surface area contributed by atoms with Crippen molar-refractivity contribution < 1.29 is 14.0 Å². The Morgan fingerprint density at radius 1 is 1.06 bits per heavy atom. The summed E-state index contributed by atoms with van der Waals surface area (Å²) < 4.78 is 15.7. The number of pyridine rings is 1. The molecule has 7 heteroatoms. The number of fused-ring (bicyclic) bond motifs is 1. The van der Waals surface area contributed by atoms with Crippen molar-refractivity contribution in [2.24, 2.45) is 16.8 Å². The SMILES string of the molecule is O=C(C1CC1)N1CCC(CN2C(=O)C3(CC3)N=C2c2ccc(-c3cccc4ncccc34)cc2F)C1. The average molecular weight is 483 g/mol. The van der Waals surface area contributed by atoms with Gasteiger partial charge in [0.25, 0.3) is 5.91 Å². The third kappa shape index (κ3) is 3.52. The molecule has 4 aliphatic rings. The summed E-state index contributed by atoms with van der Waals surface area (Å²) in [4.78, 5) is 38.7. The van der Waals surface area contributed by atoms with Gasteiger partial charge >= 0.3 is 0 Å². The van der Waals surface area contributed by atoms with Crippen LogP contribution in [0.15, 0.2) is 59.7 Å². The number of halogens is 1. The Balaban J connectivity index is 1.18. The van der Waals surface area contributed by atoms with Crippen molar-refractivity contribution in [1.29, 1.82) is 0 Å². The van der Waals surface area contributed by atoms with E-state index in [1.165, 1.54) is 6.07 Å². The summed E-state index contributed by atoms with van der Waals surface area (Å²) in [6.45, 7) is 1.88. The standard InChI is InChI=1S/C29H27FN4O2/c30-24-15-20(21-3-1-5-25-22(21)4-2-13-31-25)8-9-23(24)26-32-29(11-12-29)28(36)34(26)17-18-10-14-33(16-18)27(35)19-6-7-19/h1-5,8-9,13,15,18-19H,6-7,10-12,14,16-17H2. The van der Waals surface area contributed by atoms with Crippen LogP contribution in [0, 0.1) is 17.7 Å². The minimum absolute atomic E-state index is 0.0203. The smallest absolute Gasteiger partial charge is 0.256 e. The Morgan fingerprint density at radius 3 is 2.69 bits per heavy atom. The first-order chi connectivity index (χ1) is 17.5. The lowest BCUT2D eigenvalue weighted by atomic mass is 9.98. The highest BCUT2D eigenvalue weighted by Crippen LogP contribution is 2.46. The number of amides is 2. The highest BCUT2D eigenvalue weighted by molar-refractivity contribution is 6.16. The number of carbonyl (C=O) groups excluding carboxylic acids is 2. The van der Waals surface area contributed by atoms with Crippen molar-refractivity contribution in [3.63, 3.8) is 0 Å². The third-order valence-electron chi connectivity index (χ3n) is 8.07. The molecule has 182 valence electrons. The maximum atomic E-state index is 15.7. The van der Waals surface area contributed by atoms with Gasteiger partial charge in [-0.25, -0.2) is 4.39 Å². The first-order valence-corrected chi connectivity index (χ1v) is 12.9. The van der Waals surface area contributed by atoms with Crippen molar-refractivity contribution in [2.75, 3.05) is 19.6 Å². The molecule has 6 nitrogen and oxygen atoms in total. The fourth-order valence-corrected chi connectivity index (χ4v) is 5.72.